The molecule has 1 aromatic rings. The van der Waals surface area contributed by atoms with E-state index in [9.17, 15) is 4.79 Å². The molecule has 1 atom stereocenters. The van der Waals surface area contributed by atoms with Crippen LogP contribution in [-0.4, -0.2) is 18.6 Å². The molecule has 0 fully saturated rings. The Labute approximate surface area is 110 Å². The van der Waals surface area contributed by atoms with Crippen LogP contribution in [-0.2, 0) is 4.79 Å². The van der Waals surface area contributed by atoms with Crippen LogP contribution in [0.1, 0.15) is 20.3 Å². The number of amides is 1. The van der Waals surface area contributed by atoms with Gasteiger partial charge in [0, 0.05) is 9.61 Å². The van der Waals surface area contributed by atoms with Gasteiger partial charge in [-0.05, 0) is 54.1 Å². The third kappa shape index (κ3) is 4.83. The van der Waals surface area contributed by atoms with Gasteiger partial charge in [-0.2, -0.15) is 0 Å². The Morgan fingerprint density at radius 2 is 2.31 bits per heavy atom. The lowest BCUT2D eigenvalue weighted by Crippen LogP contribution is -2.35. The molecule has 0 saturated heterocycles. The summed E-state index contributed by atoms with van der Waals surface area (Å²) in [6.45, 7) is 4.08. The summed E-state index contributed by atoms with van der Waals surface area (Å²) < 4.78 is 6.47. The molecule has 0 aliphatic rings. The second-order valence-corrected chi connectivity index (χ2v) is 4.87. The van der Waals surface area contributed by atoms with Gasteiger partial charge in [-0.15, -0.1) is 0 Å². The normalized spacial score (nSPS) is 11.9. The fourth-order valence-electron chi connectivity index (χ4n) is 1.12. The number of hydrogen-bond acceptors (Lipinski definition) is 2. The van der Waals surface area contributed by atoms with E-state index in [2.05, 4.69) is 27.9 Å². The Hall–Kier alpha value is -0.780. The molecule has 16 heavy (non-hydrogen) atoms. The largest absolute Gasteiger partial charge is 0.484 e. The molecule has 1 N–H and O–H groups in total. The standard InChI is InChI=1S/C12H16INO2/c1-3-9(2)14-12(15)8-16-11-6-4-5-10(13)7-11/h4-7,9H,3,8H2,1-2H3,(H,14,15). The van der Waals surface area contributed by atoms with Crippen LogP contribution in [0.15, 0.2) is 24.3 Å². The zero-order valence-electron chi connectivity index (χ0n) is 9.50. The van der Waals surface area contributed by atoms with E-state index in [0.29, 0.717) is 0 Å². The molecular weight excluding hydrogens is 317 g/mol. The maximum Gasteiger partial charge on any atom is 0.258 e. The van der Waals surface area contributed by atoms with Gasteiger partial charge < -0.3 is 10.1 Å². The van der Waals surface area contributed by atoms with Crippen LogP contribution in [0.2, 0.25) is 0 Å². The summed E-state index contributed by atoms with van der Waals surface area (Å²) in [5.74, 6) is 0.652. The van der Waals surface area contributed by atoms with Gasteiger partial charge in [0.1, 0.15) is 5.75 Å². The summed E-state index contributed by atoms with van der Waals surface area (Å²) in [5.41, 5.74) is 0. The van der Waals surface area contributed by atoms with Gasteiger partial charge in [0.15, 0.2) is 6.61 Å². The third-order valence-corrected chi connectivity index (χ3v) is 2.86. The summed E-state index contributed by atoms with van der Waals surface area (Å²) in [4.78, 5) is 11.4. The topological polar surface area (TPSA) is 38.3 Å². The first-order valence-corrected chi connectivity index (χ1v) is 6.37. The predicted octanol–water partition coefficient (Wildman–Crippen LogP) is 2.58. The molecule has 0 aliphatic carbocycles. The van der Waals surface area contributed by atoms with E-state index in [1.165, 1.54) is 0 Å². The summed E-state index contributed by atoms with van der Waals surface area (Å²) >= 11 is 2.21. The Bertz CT molecular complexity index is 355. The summed E-state index contributed by atoms with van der Waals surface area (Å²) in [6.07, 6.45) is 0.926. The monoisotopic (exact) mass is 333 g/mol. The minimum absolute atomic E-state index is 0.0738. The quantitative estimate of drug-likeness (QED) is 0.841. The number of benzene rings is 1. The van der Waals surface area contributed by atoms with Gasteiger partial charge in [0.25, 0.3) is 5.91 Å². The highest BCUT2D eigenvalue weighted by Gasteiger charge is 2.06. The van der Waals surface area contributed by atoms with Crippen LogP contribution < -0.4 is 10.1 Å². The lowest BCUT2D eigenvalue weighted by molar-refractivity contribution is -0.123. The fourth-order valence-corrected chi connectivity index (χ4v) is 1.64. The molecular formula is C12H16INO2. The molecule has 0 heterocycles. The first-order chi connectivity index (χ1) is 7.61. The third-order valence-electron chi connectivity index (χ3n) is 2.19. The van der Waals surface area contributed by atoms with E-state index in [0.717, 1.165) is 15.7 Å². The molecule has 0 radical (unpaired) electrons. The van der Waals surface area contributed by atoms with Crippen LogP contribution >= 0.6 is 22.6 Å². The van der Waals surface area contributed by atoms with Crippen LogP contribution in [0.5, 0.6) is 5.75 Å². The molecule has 88 valence electrons. The van der Waals surface area contributed by atoms with Crippen molar-refractivity contribution >= 4 is 28.5 Å². The lowest BCUT2D eigenvalue weighted by Gasteiger charge is -2.12. The molecule has 0 aliphatic heterocycles. The van der Waals surface area contributed by atoms with Crippen molar-refractivity contribution in [3.8, 4) is 5.75 Å². The van der Waals surface area contributed by atoms with E-state index >= 15 is 0 Å². The highest BCUT2D eigenvalue weighted by molar-refractivity contribution is 14.1. The number of rotatable bonds is 5. The van der Waals surface area contributed by atoms with E-state index < -0.39 is 0 Å². The Balaban J connectivity index is 2.37. The second kappa shape index (κ2) is 6.73. The van der Waals surface area contributed by atoms with Crippen LogP contribution in [0.25, 0.3) is 0 Å². The molecule has 1 amide bonds. The number of ether oxygens (including phenoxy) is 1. The van der Waals surface area contributed by atoms with Crippen molar-refractivity contribution in [3.63, 3.8) is 0 Å². The minimum atomic E-state index is -0.0757. The van der Waals surface area contributed by atoms with Gasteiger partial charge in [0.05, 0.1) is 0 Å². The van der Waals surface area contributed by atoms with Gasteiger partial charge in [-0.1, -0.05) is 13.0 Å². The second-order valence-electron chi connectivity index (χ2n) is 3.62. The molecule has 0 spiro atoms. The van der Waals surface area contributed by atoms with Crippen LogP contribution in [0.3, 0.4) is 0 Å². The van der Waals surface area contributed by atoms with E-state index in [1.807, 2.05) is 38.1 Å². The SMILES string of the molecule is CCC(C)NC(=O)COc1cccc(I)c1. The van der Waals surface area contributed by atoms with Gasteiger partial charge in [-0.25, -0.2) is 0 Å². The first-order valence-electron chi connectivity index (χ1n) is 5.29. The van der Waals surface area contributed by atoms with Gasteiger partial charge in [0.2, 0.25) is 0 Å². The molecule has 0 aromatic heterocycles. The van der Waals surface area contributed by atoms with Gasteiger partial charge in [-0.3, -0.25) is 4.79 Å². The molecule has 0 bridgehead atoms. The number of nitrogens with one attached hydrogen (secondary N) is 1. The average molecular weight is 333 g/mol. The van der Waals surface area contributed by atoms with E-state index in [-0.39, 0.29) is 18.6 Å². The summed E-state index contributed by atoms with van der Waals surface area (Å²) in [6, 6.07) is 7.83. The highest BCUT2D eigenvalue weighted by atomic mass is 127. The van der Waals surface area contributed by atoms with Crippen molar-refractivity contribution in [2.24, 2.45) is 0 Å². The molecule has 0 saturated carbocycles. The van der Waals surface area contributed by atoms with Crippen LogP contribution in [0.4, 0.5) is 0 Å². The number of carbonyl (C=O) groups excluding carboxylic acids is 1. The number of halogens is 1. The molecule has 4 heteroatoms. The Morgan fingerprint density at radius 1 is 1.56 bits per heavy atom. The maximum absolute atomic E-state index is 11.4. The van der Waals surface area contributed by atoms with E-state index in [4.69, 9.17) is 4.74 Å². The molecule has 3 nitrogen and oxygen atoms in total. The average Bonchev–Trinajstić information content (AvgIpc) is 2.26. The maximum atomic E-state index is 11.4. The van der Waals surface area contributed by atoms with Crippen molar-refractivity contribution in [1.29, 1.82) is 0 Å². The lowest BCUT2D eigenvalue weighted by atomic mass is 10.2. The number of carbonyl (C=O) groups is 1. The zero-order chi connectivity index (χ0) is 12.0. The molecule has 1 unspecified atom stereocenters. The highest BCUT2D eigenvalue weighted by Crippen LogP contribution is 2.14. The number of hydrogen-bond donors (Lipinski definition) is 1. The first kappa shape index (κ1) is 13.3. The minimum Gasteiger partial charge on any atom is -0.484 e. The molecule has 1 rings (SSSR count). The van der Waals surface area contributed by atoms with Crippen molar-refractivity contribution < 1.29 is 9.53 Å². The predicted molar refractivity (Wildman–Crippen MR) is 72.5 cm³/mol. The van der Waals surface area contributed by atoms with Crippen molar-refractivity contribution in [2.45, 2.75) is 26.3 Å². The van der Waals surface area contributed by atoms with Crippen molar-refractivity contribution in [2.75, 3.05) is 6.61 Å². The van der Waals surface area contributed by atoms with Crippen molar-refractivity contribution in [1.82, 2.24) is 5.32 Å². The van der Waals surface area contributed by atoms with Gasteiger partial charge >= 0.3 is 0 Å². The fraction of sp³-hybridized carbons (Fsp3) is 0.417. The molecule has 1 aromatic carbocycles. The summed E-state index contributed by atoms with van der Waals surface area (Å²) in [5, 5.41) is 2.85. The Kier molecular flexibility index (Phi) is 5.59. The summed E-state index contributed by atoms with van der Waals surface area (Å²) in [7, 11) is 0. The smallest absolute Gasteiger partial charge is 0.258 e. The Morgan fingerprint density at radius 3 is 2.94 bits per heavy atom. The zero-order valence-corrected chi connectivity index (χ0v) is 11.7. The van der Waals surface area contributed by atoms with Crippen molar-refractivity contribution in [3.05, 3.63) is 27.8 Å². The van der Waals surface area contributed by atoms with E-state index in [1.54, 1.807) is 0 Å². The van der Waals surface area contributed by atoms with Crippen LogP contribution in [0, 0.1) is 3.57 Å².